The van der Waals surface area contributed by atoms with Crippen molar-refractivity contribution in [1.29, 1.82) is 0 Å². The minimum Gasteiger partial charge on any atom is -0.497 e. The maximum Gasteiger partial charge on any atom is 0.260 e. The van der Waals surface area contributed by atoms with Crippen molar-refractivity contribution in [2.45, 2.75) is 38.0 Å². The van der Waals surface area contributed by atoms with E-state index in [4.69, 9.17) is 9.72 Å². The van der Waals surface area contributed by atoms with Gasteiger partial charge in [-0.3, -0.25) is 9.69 Å². The molecule has 0 fully saturated rings. The molecule has 0 aliphatic carbocycles. The van der Waals surface area contributed by atoms with Crippen molar-refractivity contribution >= 4 is 42.6 Å². The van der Waals surface area contributed by atoms with Crippen molar-refractivity contribution in [3.63, 3.8) is 0 Å². The molecule has 3 rings (SSSR count). The highest BCUT2D eigenvalue weighted by molar-refractivity contribution is 7.89. The Labute approximate surface area is 218 Å². The number of hydrogen-bond donors (Lipinski definition) is 0. The minimum absolute atomic E-state index is 0.201. The monoisotopic (exact) mass is 532 g/mol. The highest BCUT2D eigenvalue weighted by Gasteiger charge is 2.25. The largest absolute Gasteiger partial charge is 0.497 e. The summed E-state index contributed by atoms with van der Waals surface area (Å²) in [6.07, 6.45) is 2.25. The molecule has 1 aromatic heterocycles. The molecule has 0 spiro atoms. The number of rotatable bonds is 13. The third-order valence-electron chi connectivity index (χ3n) is 5.73. The van der Waals surface area contributed by atoms with Gasteiger partial charge in [0.2, 0.25) is 10.0 Å². The zero-order valence-corrected chi connectivity index (χ0v) is 23.4. The number of anilines is 1. The molecule has 3 aromatic rings. The number of thiazole rings is 1. The summed E-state index contributed by atoms with van der Waals surface area (Å²) < 4.78 is 34.0. The topological polar surface area (TPSA) is 83.1 Å². The first-order chi connectivity index (χ1) is 17.2. The van der Waals surface area contributed by atoms with Gasteiger partial charge in [0.1, 0.15) is 5.75 Å². The van der Waals surface area contributed by atoms with Gasteiger partial charge in [-0.15, -0.1) is 0 Å². The molecule has 1 amide bonds. The third kappa shape index (κ3) is 6.61. The van der Waals surface area contributed by atoms with Crippen LogP contribution in [0.4, 0.5) is 5.13 Å². The van der Waals surface area contributed by atoms with Gasteiger partial charge in [-0.2, -0.15) is 4.31 Å². The van der Waals surface area contributed by atoms with E-state index in [2.05, 4.69) is 4.90 Å². The summed E-state index contributed by atoms with van der Waals surface area (Å²) in [6.45, 7) is 6.18. The van der Waals surface area contributed by atoms with E-state index in [9.17, 15) is 13.2 Å². The van der Waals surface area contributed by atoms with Crippen LogP contribution in [0.3, 0.4) is 0 Å². The molecule has 0 N–H and O–H groups in total. The molecule has 0 bridgehead atoms. The Morgan fingerprint density at radius 2 is 1.64 bits per heavy atom. The molecule has 8 nitrogen and oxygen atoms in total. The SMILES string of the molecule is CCCN(CCC)S(=O)(=O)c1ccc(C(=O)N(CCCN(C)C)c2nc3ccc(OC)cc3s2)cc1. The van der Waals surface area contributed by atoms with E-state index >= 15 is 0 Å². The lowest BCUT2D eigenvalue weighted by Gasteiger charge is -2.22. The molecule has 0 aliphatic heterocycles. The van der Waals surface area contributed by atoms with Crippen molar-refractivity contribution in [3.05, 3.63) is 48.0 Å². The van der Waals surface area contributed by atoms with E-state index < -0.39 is 10.0 Å². The number of benzene rings is 2. The van der Waals surface area contributed by atoms with Crippen LogP contribution in [-0.4, -0.2) is 75.9 Å². The van der Waals surface area contributed by atoms with Crippen molar-refractivity contribution < 1.29 is 17.9 Å². The van der Waals surface area contributed by atoms with Crippen molar-refractivity contribution in [2.24, 2.45) is 0 Å². The van der Waals surface area contributed by atoms with Crippen LogP contribution >= 0.6 is 11.3 Å². The highest BCUT2D eigenvalue weighted by Crippen LogP contribution is 2.32. The van der Waals surface area contributed by atoms with E-state index in [1.807, 2.05) is 46.1 Å². The molecule has 0 atom stereocenters. The smallest absolute Gasteiger partial charge is 0.260 e. The predicted molar refractivity (Wildman–Crippen MR) is 147 cm³/mol. The van der Waals surface area contributed by atoms with Crippen LogP contribution in [0.1, 0.15) is 43.5 Å². The van der Waals surface area contributed by atoms with Crippen molar-refractivity contribution in [1.82, 2.24) is 14.2 Å². The molecule has 2 aromatic carbocycles. The van der Waals surface area contributed by atoms with Gasteiger partial charge in [0, 0.05) is 25.2 Å². The first-order valence-electron chi connectivity index (χ1n) is 12.2. The van der Waals surface area contributed by atoms with Crippen LogP contribution in [-0.2, 0) is 10.0 Å². The summed E-state index contributed by atoms with van der Waals surface area (Å²) >= 11 is 1.44. The number of sulfonamides is 1. The lowest BCUT2D eigenvalue weighted by atomic mass is 10.2. The number of hydrogen-bond acceptors (Lipinski definition) is 7. The van der Waals surface area contributed by atoms with E-state index in [0.29, 0.717) is 30.3 Å². The van der Waals surface area contributed by atoms with Crippen LogP contribution in [0.5, 0.6) is 5.75 Å². The lowest BCUT2D eigenvalue weighted by Crippen LogP contribution is -2.34. The normalized spacial score (nSPS) is 12.0. The fourth-order valence-electron chi connectivity index (χ4n) is 3.89. The number of carbonyl (C=O) groups excluding carboxylic acids is 1. The molecular formula is C26H36N4O4S2. The predicted octanol–water partition coefficient (Wildman–Crippen LogP) is 4.71. The van der Waals surface area contributed by atoms with Gasteiger partial charge in [-0.25, -0.2) is 13.4 Å². The molecular weight excluding hydrogens is 496 g/mol. The summed E-state index contributed by atoms with van der Waals surface area (Å²) in [5.74, 6) is 0.530. The Bertz CT molecular complexity index is 1250. The van der Waals surface area contributed by atoms with Crippen LogP contribution in [0, 0.1) is 0 Å². The second-order valence-corrected chi connectivity index (χ2v) is 11.8. The van der Waals surface area contributed by atoms with Crippen molar-refractivity contribution in [2.75, 3.05) is 52.3 Å². The number of methoxy groups -OCH3 is 1. The molecule has 0 saturated carbocycles. The van der Waals surface area contributed by atoms with Gasteiger partial charge in [0.25, 0.3) is 5.91 Å². The van der Waals surface area contributed by atoms with E-state index in [1.165, 1.54) is 27.8 Å². The van der Waals surface area contributed by atoms with E-state index in [-0.39, 0.29) is 10.8 Å². The van der Waals surface area contributed by atoms with Gasteiger partial charge in [0.15, 0.2) is 5.13 Å². The molecule has 36 heavy (non-hydrogen) atoms. The van der Waals surface area contributed by atoms with Crippen LogP contribution in [0.2, 0.25) is 0 Å². The van der Waals surface area contributed by atoms with Gasteiger partial charge in [-0.05, 0) is 82.4 Å². The molecule has 0 radical (unpaired) electrons. The first kappa shape index (κ1) is 28.0. The Balaban J connectivity index is 1.91. The highest BCUT2D eigenvalue weighted by atomic mass is 32.2. The first-order valence-corrected chi connectivity index (χ1v) is 14.5. The van der Waals surface area contributed by atoms with Gasteiger partial charge >= 0.3 is 0 Å². The summed E-state index contributed by atoms with van der Waals surface area (Å²) in [6, 6.07) is 11.9. The second-order valence-electron chi connectivity index (χ2n) is 8.87. The lowest BCUT2D eigenvalue weighted by molar-refractivity contribution is 0.0986. The Hall–Kier alpha value is -2.53. The Kier molecular flexibility index (Phi) is 9.84. The standard InChI is InChI=1S/C26H36N4O4S2/c1-6-15-29(16-7-2)36(32,33)22-12-9-20(10-13-22)25(31)30(18-8-17-28(3)4)26-27-23-14-11-21(34-5)19-24(23)35-26/h9-14,19H,6-8,15-18H2,1-5H3. The van der Waals surface area contributed by atoms with Gasteiger partial charge in [0.05, 0.1) is 22.2 Å². The molecule has 1 heterocycles. The van der Waals surface area contributed by atoms with Crippen LogP contribution < -0.4 is 9.64 Å². The molecule has 0 unspecified atom stereocenters. The van der Waals surface area contributed by atoms with Crippen LogP contribution in [0.25, 0.3) is 10.2 Å². The van der Waals surface area contributed by atoms with Gasteiger partial charge < -0.3 is 9.64 Å². The fourth-order valence-corrected chi connectivity index (χ4v) is 6.53. The average molecular weight is 533 g/mol. The molecule has 0 aliphatic rings. The molecule has 10 heteroatoms. The maximum absolute atomic E-state index is 13.6. The van der Waals surface area contributed by atoms with Gasteiger partial charge in [-0.1, -0.05) is 25.2 Å². The number of nitrogens with zero attached hydrogens (tertiary/aromatic N) is 4. The molecule has 196 valence electrons. The number of ether oxygens (including phenoxy) is 1. The summed E-state index contributed by atoms with van der Waals surface area (Å²) in [4.78, 5) is 22.3. The number of fused-ring (bicyclic) bond motifs is 1. The van der Waals surface area contributed by atoms with Crippen molar-refractivity contribution in [3.8, 4) is 5.75 Å². The Morgan fingerprint density at radius 3 is 2.22 bits per heavy atom. The van der Waals surface area contributed by atoms with E-state index in [1.54, 1.807) is 24.1 Å². The fraction of sp³-hybridized carbons (Fsp3) is 0.462. The summed E-state index contributed by atoms with van der Waals surface area (Å²) in [5.41, 5.74) is 1.22. The summed E-state index contributed by atoms with van der Waals surface area (Å²) in [7, 11) is 2.00. The maximum atomic E-state index is 13.6. The minimum atomic E-state index is -3.61. The number of carbonyl (C=O) groups is 1. The third-order valence-corrected chi connectivity index (χ3v) is 8.69. The Morgan fingerprint density at radius 1 is 0.972 bits per heavy atom. The average Bonchev–Trinajstić information content (AvgIpc) is 3.29. The van der Waals surface area contributed by atoms with E-state index in [0.717, 1.165) is 41.8 Å². The zero-order valence-electron chi connectivity index (χ0n) is 21.7. The zero-order chi connectivity index (χ0) is 26.3. The molecule has 0 saturated heterocycles. The second kappa shape index (κ2) is 12.6. The summed E-state index contributed by atoms with van der Waals surface area (Å²) in [5, 5.41) is 0.607. The number of aromatic nitrogens is 1. The van der Waals surface area contributed by atoms with Crippen LogP contribution in [0.15, 0.2) is 47.4 Å². The quantitative estimate of drug-likeness (QED) is 0.317. The number of amides is 1.